The number of carbonyl (C=O) groups is 2. The minimum absolute atomic E-state index is 0.0394. The molecule has 0 heterocycles. The van der Waals surface area contributed by atoms with Gasteiger partial charge in [0.15, 0.2) is 0 Å². The van der Waals surface area contributed by atoms with Crippen LogP contribution in [0.3, 0.4) is 0 Å². The summed E-state index contributed by atoms with van der Waals surface area (Å²) in [5, 5.41) is 5.18. The van der Waals surface area contributed by atoms with E-state index >= 15 is 0 Å². The Morgan fingerprint density at radius 2 is 2.12 bits per heavy atom. The van der Waals surface area contributed by atoms with Gasteiger partial charge in [-0.1, -0.05) is 0 Å². The zero-order valence-electron chi connectivity index (χ0n) is 9.42. The molecule has 1 rings (SSSR count). The summed E-state index contributed by atoms with van der Waals surface area (Å²) in [6.45, 7) is 0.489. The smallest absolute Gasteiger partial charge is 0.248 e. The first kappa shape index (κ1) is 13.1. The summed E-state index contributed by atoms with van der Waals surface area (Å²) in [5.41, 5.74) is 5.17. The molecule has 0 aliphatic heterocycles. The summed E-state index contributed by atoms with van der Waals surface area (Å²) in [4.78, 5) is 22.3. The molecule has 0 saturated heterocycles. The van der Waals surface area contributed by atoms with Crippen LogP contribution in [0, 0.1) is 5.82 Å². The number of nitrogens with two attached hydrogens (primary N) is 1. The highest BCUT2D eigenvalue weighted by molar-refractivity contribution is 5.96. The van der Waals surface area contributed by atoms with E-state index in [1.807, 2.05) is 0 Å². The third-order valence-electron chi connectivity index (χ3n) is 2.13. The summed E-state index contributed by atoms with van der Waals surface area (Å²) < 4.78 is 13.3. The summed E-state index contributed by atoms with van der Waals surface area (Å²) >= 11 is 0. The van der Waals surface area contributed by atoms with Crippen LogP contribution in [0.2, 0.25) is 0 Å². The number of halogens is 1. The number of primary amides is 1. The summed E-state index contributed by atoms with van der Waals surface area (Å²) in [5.74, 6) is -1.61. The molecule has 2 amide bonds. The molecular formula is C11H14FN3O2. The van der Waals surface area contributed by atoms with Crippen molar-refractivity contribution in [2.45, 2.75) is 6.42 Å². The zero-order chi connectivity index (χ0) is 12.8. The van der Waals surface area contributed by atoms with Crippen molar-refractivity contribution < 1.29 is 14.0 Å². The quantitative estimate of drug-likeness (QED) is 0.698. The molecule has 1 aromatic carbocycles. The van der Waals surface area contributed by atoms with Crippen molar-refractivity contribution in [1.29, 1.82) is 0 Å². The molecule has 0 fully saturated rings. The van der Waals surface area contributed by atoms with Gasteiger partial charge < -0.3 is 16.4 Å². The highest BCUT2D eigenvalue weighted by Crippen LogP contribution is 2.16. The highest BCUT2D eigenvalue weighted by Gasteiger charge is 2.09. The van der Waals surface area contributed by atoms with Gasteiger partial charge in [-0.2, -0.15) is 0 Å². The van der Waals surface area contributed by atoms with Gasteiger partial charge in [0, 0.05) is 18.5 Å². The van der Waals surface area contributed by atoms with Gasteiger partial charge in [-0.25, -0.2) is 4.39 Å². The molecule has 1 aromatic rings. The molecule has 0 aromatic heterocycles. The molecule has 0 radical (unpaired) electrons. The van der Waals surface area contributed by atoms with E-state index in [4.69, 9.17) is 5.73 Å². The number of hydrogen-bond donors (Lipinski definition) is 3. The Balaban J connectivity index is 2.79. The Labute approximate surface area is 98.2 Å². The van der Waals surface area contributed by atoms with Crippen molar-refractivity contribution in [3.8, 4) is 0 Å². The molecule has 6 heteroatoms. The van der Waals surface area contributed by atoms with Gasteiger partial charge in [0.25, 0.3) is 0 Å². The number of nitrogens with one attached hydrogen (secondary N) is 2. The minimum atomic E-state index is -0.671. The Bertz CT molecular complexity index is 435. The normalized spacial score (nSPS) is 10.0. The Morgan fingerprint density at radius 3 is 2.71 bits per heavy atom. The maximum absolute atomic E-state index is 13.3. The van der Waals surface area contributed by atoms with Crippen molar-refractivity contribution in [1.82, 2.24) is 5.32 Å². The standard InChI is InChI=1S/C11H14FN3O2/c1-14-5-4-10(16)15-9-6-7(11(13)17)2-3-8(9)12/h2-3,6,14H,4-5H2,1H3,(H2,13,17)(H,15,16). The number of amides is 2. The average molecular weight is 239 g/mol. The van der Waals surface area contributed by atoms with Crippen LogP contribution < -0.4 is 16.4 Å². The lowest BCUT2D eigenvalue weighted by atomic mass is 10.2. The lowest BCUT2D eigenvalue weighted by molar-refractivity contribution is -0.116. The van der Waals surface area contributed by atoms with Gasteiger partial charge >= 0.3 is 0 Å². The van der Waals surface area contributed by atoms with E-state index in [9.17, 15) is 14.0 Å². The second-order valence-electron chi connectivity index (χ2n) is 3.46. The van der Waals surface area contributed by atoms with Crippen LogP contribution >= 0.6 is 0 Å². The highest BCUT2D eigenvalue weighted by atomic mass is 19.1. The third-order valence-corrected chi connectivity index (χ3v) is 2.13. The van der Waals surface area contributed by atoms with Gasteiger partial charge in [0.1, 0.15) is 5.82 Å². The van der Waals surface area contributed by atoms with Crippen molar-refractivity contribution in [2.24, 2.45) is 5.73 Å². The second kappa shape index (κ2) is 5.95. The molecule has 0 saturated carbocycles. The predicted molar refractivity (Wildman–Crippen MR) is 62.1 cm³/mol. The number of rotatable bonds is 5. The molecule has 0 aliphatic rings. The number of hydrogen-bond acceptors (Lipinski definition) is 3. The van der Waals surface area contributed by atoms with Gasteiger partial charge in [-0.3, -0.25) is 9.59 Å². The number of carbonyl (C=O) groups excluding carboxylic acids is 2. The summed E-state index contributed by atoms with van der Waals surface area (Å²) in [6.07, 6.45) is 0.219. The van der Waals surface area contributed by atoms with E-state index < -0.39 is 11.7 Å². The topological polar surface area (TPSA) is 84.2 Å². The van der Waals surface area contributed by atoms with Crippen LogP contribution in [0.25, 0.3) is 0 Å². The molecule has 0 atom stereocenters. The SMILES string of the molecule is CNCCC(=O)Nc1cc(C(N)=O)ccc1F. The molecule has 92 valence electrons. The Hall–Kier alpha value is -1.95. The molecule has 0 spiro atoms. The summed E-state index contributed by atoms with van der Waals surface area (Å²) in [7, 11) is 1.71. The number of anilines is 1. The number of benzene rings is 1. The maximum atomic E-state index is 13.3. The zero-order valence-corrected chi connectivity index (χ0v) is 9.42. The first-order valence-corrected chi connectivity index (χ1v) is 5.08. The third kappa shape index (κ3) is 3.84. The van der Waals surface area contributed by atoms with Gasteiger partial charge in [0.05, 0.1) is 5.69 Å². The predicted octanol–water partition coefficient (Wildman–Crippen LogP) is 0.473. The van der Waals surface area contributed by atoms with Crippen LogP contribution in [0.5, 0.6) is 0 Å². The van der Waals surface area contributed by atoms with E-state index in [1.54, 1.807) is 7.05 Å². The van der Waals surface area contributed by atoms with Crippen molar-refractivity contribution >= 4 is 17.5 Å². The van der Waals surface area contributed by atoms with Crippen molar-refractivity contribution in [3.63, 3.8) is 0 Å². The van der Waals surface area contributed by atoms with Crippen LogP contribution in [-0.4, -0.2) is 25.4 Å². The first-order valence-electron chi connectivity index (χ1n) is 5.08. The van der Waals surface area contributed by atoms with Crippen LogP contribution in [-0.2, 0) is 4.79 Å². The van der Waals surface area contributed by atoms with E-state index in [-0.39, 0.29) is 23.6 Å². The van der Waals surface area contributed by atoms with E-state index in [0.29, 0.717) is 6.54 Å². The van der Waals surface area contributed by atoms with Crippen LogP contribution in [0.1, 0.15) is 16.8 Å². The molecule has 17 heavy (non-hydrogen) atoms. The van der Waals surface area contributed by atoms with Crippen molar-refractivity contribution in [2.75, 3.05) is 18.9 Å². The Morgan fingerprint density at radius 1 is 1.41 bits per heavy atom. The first-order chi connectivity index (χ1) is 8.04. The molecule has 0 aliphatic carbocycles. The molecule has 5 nitrogen and oxygen atoms in total. The second-order valence-corrected chi connectivity index (χ2v) is 3.46. The molecule has 4 N–H and O–H groups in total. The lowest BCUT2D eigenvalue weighted by Gasteiger charge is -2.07. The van der Waals surface area contributed by atoms with Crippen LogP contribution in [0.4, 0.5) is 10.1 Å². The fourth-order valence-electron chi connectivity index (χ4n) is 1.23. The molecular weight excluding hydrogens is 225 g/mol. The van der Waals surface area contributed by atoms with Crippen molar-refractivity contribution in [3.05, 3.63) is 29.6 Å². The lowest BCUT2D eigenvalue weighted by Crippen LogP contribution is -2.20. The van der Waals surface area contributed by atoms with E-state index in [0.717, 1.165) is 6.07 Å². The Kier molecular flexibility index (Phi) is 4.59. The van der Waals surface area contributed by atoms with Crippen LogP contribution in [0.15, 0.2) is 18.2 Å². The fourth-order valence-corrected chi connectivity index (χ4v) is 1.23. The van der Waals surface area contributed by atoms with Gasteiger partial charge in [0.2, 0.25) is 11.8 Å². The maximum Gasteiger partial charge on any atom is 0.248 e. The summed E-state index contributed by atoms with van der Waals surface area (Å²) in [6, 6.07) is 3.57. The molecule has 0 bridgehead atoms. The largest absolute Gasteiger partial charge is 0.366 e. The average Bonchev–Trinajstić information content (AvgIpc) is 2.29. The van der Waals surface area contributed by atoms with E-state index in [2.05, 4.69) is 10.6 Å². The van der Waals surface area contributed by atoms with Gasteiger partial charge in [-0.05, 0) is 25.2 Å². The van der Waals surface area contributed by atoms with E-state index in [1.165, 1.54) is 12.1 Å². The monoisotopic (exact) mass is 239 g/mol. The van der Waals surface area contributed by atoms with Gasteiger partial charge in [-0.15, -0.1) is 0 Å². The fraction of sp³-hybridized carbons (Fsp3) is 0.273. The minimum Gasteiger partial charge on any atom is -0.366 e. The molecule has 0 unspecified atom stereocenters.